The van der Waals surface area contributed by atoms with Crippen LogP contribution >= 0.6 is 11.6 Å². The molecule has 0 bridgehead atoms. The maximum atomic E-state index is 13.7. The topological polar surface area (TPSA) is 0 Å². The Morgan fingerprint density at radius 1 is 0.950 bits per heavy atom. The van der Waals surface area contributed by atoms with Crippen molar-refractivity contribution in [2.75, 3.05) is 0 Å². The maximum absolute atomic E-state index is 13.7. The zero-order valence-corrected chi connectivity index (χ0v) is 12.6. The number of rotatable bonds is 2. The highest BCUT2D eigenvalue weighted by Crippen LogP contribution is 2.33. The van der Waals surface area contributed by atoms with Crippen LogP contribution in [0.3, 0.4) is 0 Å². The molecule has 1 aliphatic rings. The summed E-state index contributed by atoms with van der Waals surface area (Å²) in [7, 11) is 0. The average Bonchev–Trinajstić information content (AvgIpc) is 2.90. The van der Waals surface area contributed by atoms with Gasteiger partial charge in [-0.15, -0.1) is 11.6 Å². The minimum Gasteiger partial charge on any atom is -0.206 e. The number of aryl methyl sites for hydroxylation is 4. The number of fused-ring (bicyclic) bond motifs is 1. The Morgan fingerprint density at radius 2 is 1.60 bits per heavy atom. The highest BCUT2D eigenvalue weighted by Gasteiger charge is 2.17. The lowest BCUT2D eigenvalue weighted by Gasteiger charge is -2.14. The Kier molecular flexibility index (Phi) is 3.55. The minimum atomic E-state index is -0.209. The van der Waals surface area contributed by atoms with Crippen molar-refractivity contribution in [1.82, 2.24) is 0 Å². The molecule has 0 heterocycles. The summed E-state index contributed by atoms with van der Waals surface area (Å²) < 4.78 is 13.7. The number of halogens is 2. The normalized spacial score (nSPS) is 15.2. The molecule has 3 rings (SSSR count). The van der Waals surface area contributed by atoms with Gasteiger partial charge in [0.2, 0.25) is 0 Å². The fourth-order valence-corrected chi connectivity index (χ4v) is 3.33. The zero-order chi connectivity index (χ0) is 14.3. The van der Waals surface area contributed by atoms with E-state index in [1.807, 2.05) is 12.1 Å². The second kappa shape index (κ2) is 5.21. The Hall–Kier alpha value is -1.34. The van der Waals surface area contributed by atoms with Crippen LogP contribution in [0.15, 0.2) is 30.3 Å². The summed E-state index contributed by atoms with van der Waals surface area (Å²) in [5.74, 6) is -0.133. The average molecular weight is 289 g/mol. The second-order valence-corrected chi connectivity index (χ2v) is 6.15. The van der Waals surface area contributed by atoms with E-state index in [0.29, 0.717) is 11.1 Å². The van der Waals surface area contributed by atoms with Gasteiger partial charge < -0.3 is 0 Å². The van der Waals surface area contributed by atoms with E-state index in [1.165, 1.54) is 24.0 Å². The van der Waals surface area contributed by atoms with Gasteiger partial charge in [0.25, 0.3) is 0 Å². The van der Waals surface area contributed by atoms with E-state index in [0.717, 1.165) is 17.5 Å². The fourth-order valence-electron chi connectivity index (χ4n) is 3.07. The monoisotopic (exact) mass is 288 g/mol. The molecule has 0 N–H and O–H groups in total. The van der Waals surface area contributed by atoms with E-state index >= 15 is 0 Å². The molecule has 0 saturated carbocycles. The Balaban J connectivity index is 1.98. The summed E-state index contributed by atoms with van der Waals surface area (Å²) in [6.45, 7) is 3.58. The molecule has 0 radical (unpaired) electrons. The van der Waals surface area contributed by atoms with Gasteiger partial charge >= 0.3 is 0 Å². The highest BCUT2D eigenvalue weighted by molar-refractivity contribution is 6.22. The van der Waals surface area contributed by atoms with E-state index in [-0.39, 0.29) is 11.2 Å². The van der Waals surface area contributed by atoms with E-state index in [9.17, 15) is 4.39 Å². The molecule has 104 valence electrons. The third-order valence-electron chi connectivity index (χ3n) is 4.17. The molecule has 1 aliphatic carbocycles. The van der Waals surface area contributed by atoms with Crippen LogP contribution in [0.5, 0.6) is 0 Å². The van der Waals surface area contributed by atoms with Crippen LogP contribution in [-0.4, -0.2) is 0 Å². The van der Waals surface area contributed by atoms with Crippen LogP contribution in [0.1, 0.15) is 45.2 Å². The summed E-state index contributed by atoms with van der Waals surface area (Å²) in [6.07, 6.45) is 3.56. The lowest BCUT2D eigenvalue weighted by Crippen LogP contribution is -1.98. The number of alkyl halides is 1. The van der Waals surface area contributed by atoms with Gasteiger partial charge in [-0.1, -0.05) is 30.3 Å². The van der Waals surface area contributed by atoms with Gasteiger partial charge in [0, 0.05) is 0 Å². The standard InChI is InChI=1S/C18H18ClF/c1-11-8-16(9-12(2)18(11)20)17(19)15-7-6-13-4-3-5-14(13)10-15/h6-10,17H,3-5H2,1-2H3. The van der Waals surface area contributed by atoms with Crippen molar-refractivity contribution in [3.05, 3.63) is 69.5 Å². The summed E-state index contributed by atoms with van der Waals surface area (Å²) in [5, 5.41) is -0.209. The molecule has 0 amide bonds. The molecule has 2 heteroatoms. The molecule has 20 heavy (non-hydrogen) atoms. The first-order chi connectivity index (χ1) is 9.56. The molecule has 0 fully saturated rings. The van der Waals surface area contributed by atoms with Crippen LogP contribution in [0, 0.1) is 19.7 Å². The van der Waals surface area contributed by atoms with Gasteiger partial charge in [0.1, 0.15) is 5.82 Å². The van der Waals surface area contributed by atoms with Crippen molar-refractivity contribution in [1.29, 1.82) is 0 Å². The Labute approximate surface area is 124 Å². The highest BCUT2D eigenvalue weighted by atomic mass is 35.5. The van der Waals surface area contributed by atoms with Crippen molar-refractivity contribution in [2.45, 2.75) is 38.5 Å². The van der Waals surface area contributed by atoms with Crippen molar-refractivity contribution >= 4 is 11.6 Å². The SMILES string of the molecule is Cc1cc(C(Cl)c2ccc3c(c2)CCC3)cc(C)c1F. The molecule has 0 nitrogen and oxygen atoms in total. The molecular formula is C18H18ClF. The molecule has 2 aromatic rings. The molecule has 2 aromatic carbocycles. The van der Waals surface area contributed by atoms with E-state index in [4.69, 9.17) is 11.6 Å². The largest absolute Gasteiger partial charge is 0.206 e. The molecule has 0 saturated heterocycles. The quantitative estimate of drug-likeness (QED) is 0.661. The van der Waals surface area contributed by atoms with Crippen LogP contribution in [0.25, 0.3) is 0 Å². The first-order valence-electron chi connectivity index (χ1n) is 7.08. The minimum absolute atomic E-state index is 0.133. The van der Waals surface area contributed by atoms with E-state index in [1.54, 1.807) is 13.8 Å². The van der Waals surface area contributed by atoms with E-state index < -0.39 is 0 Å². The molecular weight excluding hydrogens is 271 g/mol. The molecule has 1 unspecified atom stereocenters. The Morgan fingerprint density at radius 3 is 2.30 bits per heavy atom. The number of benzene rings is 2. The van der Waals surface area contributed by atoms with Crippen LogP contribution in [0.4, 0.5) is 4.39 Å². The second-order valence-electron chi connectivity index (χ2n) is 5.71. The van der Waals surface area contributed by atoms with E-state index in [2.05, 4.69) is 18.2 Å². The summed E-state index contributed by atoms with van der Waals surface area (Å²) >= 11 is 6.61. The first-order valence-corrected chi connectivity index (χ1v) is 7.52. The number of hydrogen-bond acceptors (Lipinski definition) is 0. The lowest BCUT2D eigenvalue weighted by molar-refractivity contribution is 0.608. The number of hydrogen-bond donors (Lipinski definition) is 0. The van der Waals surface area contributed by atoms with Crippen molar-refractivity contribution < 1.29 is 4.39 Å². The molecule has 0 aromatic heterocycles. The predicted molar refractivity (Wildman–Crippen MR) is 82.0 cm³/mol. The van der Waals surface area contributed by atoms with Gasteiger partial charge in [-0.3, -0.25) is 0 Å². The first kappa shape index (κ1) is 13.6. The third kappa shape index (κ3) is 2.35. The third-order valence-corrected chi connectivity index (χ3v) is 4.67. The smallest absolute Gasteiger partial charge is 0.129 e. The maximum Gasteiger partial charge on any atom is 0.129 e. The zero-order valence-electron chi connectivity index (χ0n) is 11.8. The van der Waals surface area contributed by atoms with Gasteiger partial charge in [-0.25, -0.2) is 4.39 Å². The summed E-state index contributed by atoms with van der Waals surface area (Å²) in [6, 6.07) is 10.2. The lowest BCUT2D eigenvalue weighted by atomic mass is 9.97. The molecule has 0 spiro atoms. The summed E-state index contributed by atoms with van der Waals surface area (Å²) in [5.41, 5.74) is 6.27. The van der Waals surface area contributed by atoms with Crippen molar-refractivity contribution in [2.24, 2.45) is 0 Å². The van der Waals surface area contributed by atoms with Crippen molar-refractivity contribution in [3.8, 4) is 0 Å². The van der Waals surface area contributed by atoms with Gasteiger partial charge in [0.05, 0.1) is 5.38 Å². The van der Waals surface area contributed by atoms with Crippen LogP contribution < -0.4 is 0 Å². The van der Waals surface area contributed by atoms with Gasteiger partial charge in [-0.05, 0) is 66.5 Å². The molecule has 0 aliphatic heterocycles. The fraction of sp³-hybridized carbons (Fsp3) is 0.333. The Bertz CT molecular complexity index is 637. The summed E-state index contributed by atoms with van der Waals surface area (Å²) in [4.78, 5) is 0. The van der Waals surface area contributed by atoms with Crippen LogP contribution in [0.2, 0.25) is 0 Å². The van der Waals surface area contributed by atoms with Crippen molar-refractivity contribution in [3.63, 3.8) is 0 Å². The van der Waals surface area contributed by atoms with Gasteiger partial charge in [0.15, 0.2) is 0 Å². The van der Waals surface area contributed by atoms with Gasteiger partial charge in [-0.2, -0.15) is 0 Å². The molecule has 1 atom stereocenters. The van der Waals surface area contributed by atoms with Crippen LogP contribution in [-0.2, 0) is 12.8 Å². The predicted octanol–water partition coefficient (Wildman–Crippen LogP) is 5.26.